The fraction of sp³-hybridized carbons (Fsp3) is 0.250. The molecular formula is C20H23N3O4S. The first kappa shape index (κ1) is 21.3. The number of anilines is 2. The number of carbonyl (C=O) groups excluding carboxylic acids is 3. The van der Waals surface area contributed by atoms with Crippen LogP contribution in [0.15, 0.2) is 48.5 Å². The van der Waals surface area contributed by atoms with Crippen LogP contribution in [-0.4, -0.2) is 35.8 Å². The number of benzene rings is 2. The molecule has 0 atom stereocenters. The van der Waals surface area contributed by atoms with Crippen molar-refractivity contribution in [3.05, 3.63) is 54.1 Å². The van der Waals surface area contributed by atoms with Gasteiger partial charge in [-0.2, -0.15) is 0 Å². The molecule has 7 nitrogen and oxygen atoms in total. The molecule has 0 fully saturated rings. The molecule has 28 heavy (non-hydrogen) atoms. The maximum Gasteiger partial charge on any atom is 0.234 e. The Balaban J connectivity index is 1.67. The van der Waals surface area contributed by atoms with E-state index in [1.807, 2.05) is 31.2 Å². The second-order valence-corrected chi connectivity index (χ2v) is 7.03. The highest BCUT2D eigenvalue weighted by Crippen LogP contribution is 2.16. The van der Waals surface area contributed by atoms with Crippen molar-refractivity contribution in [1.29, 1.82) is 0 Å². The van der Waals surface area contributed by atoms with Crippen LogP contribution in [-0.2, 0) is 14.4 Å². The van der Waals surface area contributed by atoms with Gasteiger partial charge in [-0.05, 0) is 48.9 Å². The van der Waals surface area contributed by atoms with E-state index in [9.17, 15) is 14.4 Å². The summed E-state index contributed by atoms with van der Waals surface area (Å²) in [4.78, 5) is 34.6. The van der Waals surface area contributed by atoms with Gasteiger partial charge in [-0.15, -0.1) is 11.8 Å². The van der Waals surface area contributed by atoms with Gasteiger partial charge in [-0.25, -0.2) is 0 Å². The predicted molar refractivity (Wildman–Crippen MR) is 112 cm³/mol. The molecule has 4 N–H and O–H groups in total. The minimum atomic E-state index is -0.422. The minimum absolute atomic E-state index is 0.146. The Hall–Kier alpha value is -3.00. The fourth-order valence-electron chi connectivity index (χ4n) is 2.26. The van der Waals surface area contributed by atoms with Crippen molar-refractivity contribution in [2.45, 2.75) is 13.3 Å². The lowest BCUT2D eigenvalue weighted by atomic mass is 10.2. The SMILES string of the molecule is Cc1cccc(NC(=O)CSCC(=O)Nc2ccc(OCCC(N)=O)cc2)c1. The highest BCUT2D eigenvalue weighted by atomic mass is 32.2. The predicted octanol–water partition coefficient (Wildman–Crippen LogP) is 2.56. The van der Waals surface area contributed by atoms with E-state index in [0.717, 1.165) is 11.3 Å². The number of carbonyl (C=O) groups is 3. The van der Waals surface area contributed by atoms with Gasteiger partial charge in [0, 0.05) is 11.4 Å². The minimum Gasteiger partial charge on any atom is -0.493 e. The summed E-state index contributed by atoms with van der Waals surface area (Å²) >= 11 is 1.24. The summed E-state index contributed by atoms with van der Waals surface area (Å²) in [6.45, 7) is 2.16. The average molecular weight is 401 g/mol. The molecule has 0 bridgehead atoms. The van der Waals surface area contributed by atoms with E-state index in [0.29, 0.717) is 11.4 Å². The maximum absolute atomic E-state index is 12.0. The zero-order valence-corrected chi connectivity index (χ0v) is 16.4. The maximum atomic E-state index is 12.0. The molecule has 2 aromatic rings. The average Bonchev–Trinajstić information content (AvgIpc) is 2.63. The second kappa shape index (κ2) is 11.0. The third-order valence-corrected chi connectivity index (χ3v) is 4.46. The van der Waals surface area contributed by atoms with Crippen LogP contribution in [0.1, 0.15) is 12.0 Å². The summed E-state index contributed by atoms with van der Waals surface area (Å²) < 4.78 is 5.36. The first-order valence-electron chi connectivity index (χ1n) is 8.67. The van der Waals surface area contributed by atoms with E-state index in [4.69, 9.17) is 10.5 Å². The first-order valence-corrected chi connectivity index (χ1v) is 9.83. The van der Waals surface area contributed by atoms with E-state index in [2.05, 4.69) is 10.6 Å². The van der Waals surface area contributed by atoms with Gasteiger partial charge >= 0.3 is 0 Å². The molecule has 0 aliphatic carbocycles. The monoisotopic (exact) mass is 401 g/mol. The van der Waals surface area contributed by atoms with Gasteiger partial charge in [0.1, 0.15) is 5.75 Å². The van der Waals surface area contributed by atoms with Crippen molar-refractivity contribution in [2.75, 3.05) is 28.7 Å². The van der Waals surface area contributed by atoms with Crippen molar-refractivity contribution in [1.82, 2.24) is 0 Å². The molecule has 2 aromatic carbocycles. The highest BCUT2D eigenvalue weighted by molar-refractivity contribution is 8.00. The molecule has 0 aliphatic heterocycles. The van der Waals surface area contributed by atoms with Crippen molar-refractivity contribution < 1.29 is 19.1 Å². The van der Waals surface area contributed by atoms with E-state index < -0.39 is 5.91 Å². The Bertz CT molecular complexity index is 824. The number of hydrogen-bond acceptors (Lipinski definition) is 5. The quantitative estimate of drug-likeness (QED) is 0.567. The molecule has 2 rings (SSSR count). The summed E-state index contributed by atoms with van der Waals surface area (Å²) in [5.41, 5.74) is 7.48. The number of thioether (sulfide) groups is 1. The summed E-state index contributed by atoms with van der Waals surface area (Å²) in [6, 6.07) is 14.3. The molecule has 0 aliphatic rings. The summed E-state index contributed by atoms with van der Waals surface area (Å²) in [6.07, 6.45) is 0.146. The number of amides is 3. The zero-order valence-electron chi connectivity index (χ0n) is 15.6. The number of rotatable bonds is 10. The number of hydrogen-bond donors (Lipinski definition) is 3. The fourth-order valence-corrected chi connectivity index (χ4v) is 2.87. The Kier molecular flexibility index (Phi) is 8.36. The summed E-state index contributed by atoms with van der Waals surface area (Å²) in [5.74, 6) is 0.165. The number of primary amides is 1. The lowest BCUT2D eigenvalue weighted by Crippen LogP contribution is -2.18. The molecule has 0 aromatic heterocycles. The summed E-state index contributed by atoms with van der Waals surface area (Å²) in [7, 11) is 0. The smallest absolute Gasteiger partial charge is 0.234 e. The third-order valence-electron chi connectivity index (χ3n) is 3.52. The van der Waals surface area contributed by atoms with E-state index in [-0.39, 0.29) is 36.3 Å². The standard InChI is InChI=1S/C20H23N3O4S/c1-14-3-2-4-16(11-14)23-20(26)13-28-12-19(25)22-15-5-7-17(8-6-15)27-10-9-18(21)24/h2-8,11H,9-10,12-13H2,1H3,(H2,21,24)(H,22,25)(H,23,26). The largest absolute Gasteiger partial charge is 0.493 e. The van der Waals surface area contributed by atoms with Gasteiger partial charge in [0.25, 0.3) is 0 Å². The van der Waals surface area contributed by atoms with Crippen LogP contribution >= 0.6 is 11.8 Å². The second-order valence-electron chi connectivity index (χ2n) is 6.05. The number of nitrogens with one attached hydrogen (secondary N) is 2. The zero-order chi connectivity index (χ0) is 20.4. The Morgan fingerprint density at radius 1 is 0.964 bits per heavy atom. The Morgan fingerprint density at radius 2 is 1.61 bits per heavy atom. The van der Waals surface area contributed by atoms with E-state index in [1.54, 1.807) is 24.3 Å². The van der Waals surface area contributed by atoms with Crippen LogP contribution in [0.3, 0.4) is 0 Å². The van der Waals surface area contributed by atoms with Crippen LogP contribution in [0.25, 0.3) is 0 Å². The lowest BCUT2D eigenvalue weighted by Gasteiger charge is -2.08. The van der Waals surface area contributed by atoms with Crippen LogP contribution in [0.5, 0.6) is 5.75 Å². The molecule has 0 unspecified atom stereocenters. The number of ether oxygens (including phenoxy) is 1. The van der Waals surface area contributed by atoms with Crippen molar-refractivity contribution in [3.8, 4) is 5.75 Å². The molecule has 0 saturated carbocycles. The topological polar surface area (TPSA) is 111 Å². The molecule has 148 valence electrons. The first-order chi connectivity index (χ1) is 13.4. The third kappa shape index (κ3) is 8.13. The van der Waals surface area contributed by atoms with Crippen molar-refractivity contribution in [3.63, 3.8) is 0 Å². The van der Waals surface area contributed by atoms with Crippen LogP contribution in [0.2, 0.25) is 0 Å². The van der Waals surface area contributed by atoms with E-state index >= 15 is 0 Å². The molecule has 0 saturated heterocycles. The highest BCUT2D eigenvalue weighted by Gasteiger charge is 2.07. The molecule has 0 heterocycles. The summed E-state index contributed by atoms with van der Waals surface area (Å²) in [5, 5.41) is 5.56. The van der Waals surface area contributed by atoms with Crippen molar-refractivity contribution >= 4 is 40.9 Å². The van der Waals surface area contributed by atoms with Gasteiger partial charge in [0.15, 0.2) is 0 Å². The molecule has 0 spiro atoms. The number of nitrogens with two attached hydrogens (primary N) is 1. The van der Waals surface area contributed by atoms with Crippen LogP contribution < -0.4 is 21.1 Å². The van der Waals surface area contributed by atoms with Crippen LogP contribution in [0.4, 0.5) is 11.4 Å². The van der Waals surface area contributed by atoms with Gasteiger partial charge < -0.3 is 21.1 Å². The Labute approximate surface area is 168 Å². The Morgan fingerprint density at radius 3 is 2.21 bits per heavy atom. The molecule has 8 heteroatoms. The van der Waals surface area contributed by atoms with Crippen LogP contribution in [0, 0.1) is 6.92 Å². The molecule has 0 radical (unpaired) electrons. The van der Waals surface area contributed by atoms with Gasteiger partial charge in [-0.3, -0.25) is 14.4 Å². The van der Waals surface area contributed by atoms with Gasteiger partial charge in [-0.1, -0.05) is 12.1 Å². The molecule has 3 amide bonds. The lowest BCUT2D eigenvalue weighted by molar-refractivity contribution is -0.118. The van der Waals surface area contributed by atoms with Gasteiger partial charge in [0.05, 0.1) is 24.5 Å². The normalized spacial score (nSPS) is 10.2. The van der Waals surface area contributed by atoms with Crippen molar-refractivity contribution in [2.24, 2.45) is 5.73 Å². The number of aryl methyl sites for hydroxylation is 1. The van der Waals surface area contributed by atoms with E-state index in [1.165, 1.54) is 11.8 Å². The molecular weight excluding hydrogens is 378 g/mol. The van der Waals surface area contributed by atoms with Gasteiger partial charge in [0.2, 0.25) is 17.7 Å².